The average Bonchev–Trinajstić information content (AvgIpc) is 3.26. The monoisotopic (exact) mass is 605 g/mol. The van der Waals surface area contributed by atoms with Gasteiger partial charge in [0.1, 0.15) is 11.6 Å². The van der Waals surface area contributed by atoms with Crippen molar-refractivity contribution in [2.45, 2.75) is 88.7 Å². The predicted molar refractivity (Wildman–Crippen MR) is 169 cm³/mol. The van der Waals surface area contributed by atoms with Gasteiger partial charge in [-0.25, -0.2) is 14.7 Å². The number of hydrogen-bond donors (Lipinski definition) is 3. The maximum atomic E-state index is 13.6. The normalized spacial score (nSPS) is 21.6. The third-order valence-electron chi connectivity index (χ3n) is 8.39. The zero-order valence-corrected chi connectivity index (χ0v) is 26.5. The third-order valence-corrected chi connectivity index (χ3v) is 9.62. The maximum Gasteiger partial charge on any atom is 0.281 e. The molecule has 0 spiro atoms. The lowest BCUT2D eigenvalue weighted by molar-refractivity contribution is 0.0981. The van der Waals surface area contributed by atoms with Crippen molar-refractivity contribution in [3.63, 3.8) is 0 Å². The lowest BCUT2D eigenvalue weighted by atomic mass is 9.90. The molecule has 43 heavy (non-hydrogen) atoms. The number of pyridine rings is 3. The Morgan fingerprint density at radius 1 is 1.09 bits per heavy atom. The Balaban J connectivity index is 1.60. The topological polar surface area (TPSA) is 143 Å². The van der Waals surface area contributed by atoms with Gasteiger partial charge in [0, 0.05) is 29.4 Å². The van der Waals surface area contributed by atoms with Crippen LogP contribution in [0.1, 0.15) is 93.7 Å². The van der Waals surface area contributed by atoms with E-state index in [9.17, 15) is 13.2 Å². The highest BCUT2D eigenvalue weighted by molar-refractivity contribution is 7.90. The van der Waals surface area contributed by atoms with Gasteiger partial charge in [0.25, 0.3) is 15.9 Å². The van der Waals surface area contributed by atoms with Crippen LogP contribution in [0.2, 0.25) is 0 Å². The van der Waals surface area contributed by atoms with E-state index in [1.54, 1.807) is 18.2 Å². The smallest absolute Gasteiger partial charge is 0.281 e. The quantitative estimate of drug-likeness (QED) is 0.384. The Labute approximate surface area is 255 Å². The number of amides is 1. The van der Waals surface area contributed by atoms with Crippen molar-refractivity contribution < 1.29 is 13.2 Å². The molecule has 0 aliphatic carbocycles. The molecular formula is C32H43N7O3S. The molecule has 4 N–H and O–H groups in total. The molecule has 0 aromatic carbocycles. The molecule has 3 aromatic heterocycles. The molecule has 0 saturated carbocycles. The van der Waals surface area contributed by atoms with E-state index in [0.717, 1.165) is 49.1 Å². The van der Waals surface area contributed by atoms with Crippen LogP contribution in [-0.2, 0) is 21.9 Å². The molecule has 1 saturated heterocycles. The largest absolute Gasteiger partial charge is 0.362 e. The Morgan fingerprint density at radius 2 is 1.88 bits per heavy atom. The van der Waals surface area contributed by atoms with Crippen molar-refractivity contribution in [2.24, 2.45) is 11.7 Å². The van der Waals surface area contributed by atoms with Gasteiger partial charge in [-0.05, 0) is 100 Å². The van der Waals surface area contributed by atoms with Gasteiger partial charge in [0.05, 0.1) is 17.3 Å². The molecule has 11 heteroatoms. The minimum absolute atomic E-state index is 0.196. The summed E-state index contributed by atoms with van der Waals surface area (Å²) in [6, 6.07) is 12.2. The van der Waals surface area contributed by atoms with Gasteiger partial charge in [-0.2, -0.15) is 8.42 Å². The number of aromatic nitrogens is 3. The first-order valence-electron chi connectivity index (χ1n) is 15.0. The van der Waals surface area contributed by atoms with Crippen molar-refractivity contribution in [3.05, 3.63) is 71.2 Å². The fourth-order valence-electron chi connectivity index (χ4n) is 6.10. The van der Waals surface area contributed by atoms with Crippen LogP contribution in [-0.4, -0.2) is 47.9 Å². The SMILES string of the molecule is CC(C)(C)c1ccc2c(n1)N1C[C@@H](CCC(c3cc(CCCN)ccn3)Nc3cccc(n3)S(=O)(=O)NC2=O)CC1(C)C. The number of nitrogens with one attached hydrogen (secondary N) is 2. The highest BCUT2D eigenvalue weighted by atomic mass is 32.2. The van der Waals surface area contributed by atoms with E-state index in [2.05, 4.69) is 60.6 Å². The molecule has 3 aromatic rings. The Morgan fingerprint density at radius 3 is 2.63 bits per heavy atom. The number of nitrogens with zero attached hydrogens (tertiary/aromatic N) is 4. The number of carbonyl (C=O) groups excluding carboxylic acids is 1. The van der Waals surface area contributed by atoms with Crippen LogP contribution in [0.25, 0.3) is 0 Å². The zero-order chi connectivity index (χ0) is 31.0. The molecular weight excluding hydrogens is 562 g/mol. The summed E-state index contributed by atoms with van der Waals surface area (Å²) in [5, 5.41) is 3.21. The summed E-state index contributed by atoms with van der Waals surface area (Å²) in [5.74, 6) is 0.500. The first-order chi connectivity index (χ1) is 20.3. The lowest BCUT2D eigenvalue weighted by Gasteiger charge is -2.34. The van der Waals surface area contributed by atoms with Gasteiger partial charge in [-0.3, -0.25) is 9.78 Å². The minimum atomic E-state index is -4.28. The van der Waals surface area contributed by atoms with Crippen LogP contribution in [0.3, 0.4) is 0 Å². The first-order valence-corrected chi connectivity index (χ1v) is 16.5. The Hall–Kier alpha value is -3.57. The Kier molecular flexibility index (Phi) is 8.50. The van der Waals surface area contributed by atoms with E-state index >= 15 is 0 Å². The van der Waals surface area contributed by atoms with Crippen molar-refractivity contribution in [2.75, 3.05) is 23.3 Å². The van der Waals surface area contributed by atoms with Crippen LogP contribution in [0.15, 0.2) is 53.7 Å². The zero-order valence-electron chi connectivity index (χ0n) is 25.7. The Bertz CT molecular complexity index is 1600. The number of fused-ring (bicyclic) bond motifs is 6. The van der Waals surface area contributed by atoms with Gasteiger partial charge in [0.15, 0.2) is 5.03 Å². The number of nitrogens with two attached hydrogens (primary N) is 1. The number of aryl methyl sites for hydroxylation is 1. The van der Waals surface area contributed by atoms with Crippen molar-refractivity contribution in [1.29, 1.82) is 0 Å². The molecule has 5 heterocycles. The number of rotatable bonds is 4. The number of carbonyl (C=O) groups is 1. The fraction of sp³-hybridized carbons (Fsp3) is 0.500. The van der Waals surface area contributed by atoms with E-state index in [-0.39, 0.29) is 27.6 Å². The summed E-state index contributed by atoms with van der Waals surface area (Å²) < 4.78 is 29.2. The highest BCUT2D eigenvalue weighted by Gasteiger charge is 2.41. The number of anilines is 2. The van der Waals surface area contributed by atoms with E-state index in [1.165, 1.54) is 6.07 Å². The molecule has 4 bridgehead atoms. The second-order valence-corrected chi connectivity index (χ2v) is 15.0. The second-order valence-electron chi connectivity index (χ2n) is 13.4. The molecule has 1 unspecified atom stereocenters. The van der Waals surface area contributed by atoms with Crippen LogP contribution in [0.5, 0.6) is 0 Å². The van der Waals surface area contributed by atoms with Gasteiger partial charge in [-0.15, -0.1) is 0 Å². The molecule has 2 aliphatic heterocycles. The van der Waals surface area contributed by atoms with Gasteiger partial charge in [-0.1, -0.05) is 26.8 Å². The van der Waals surface area contributed by atoms with Crippen LogP contribution >= 0.6 is 0 Å². The number of sulfonamides is 1. The summed E-state index contributed by atoms with van der Waals surface area (Å²) in [4.78, 5) is 29.9. The fourth-order valence-corrected chi connectivity index (χ4v) is 7.03. The van der Waals surface area contributed by atoms with Gasteiger partial charge in [0.2, 0.25) is 0 Å². The molecule has 0 radical (unpaired) electrons. The van der Waals surface area contributed by atoms with E-state index < -0.39 is 15.9 Å². The summed E-state index contributed by atoms with van der Waals surface area (Å²) in [5.41, 5.74) is 8.29. The lowest BCUT2D eigenvalue weighted by Crippen LogP contribution is -2.41. The van der Waals surface area contributed by atoms with Crippen LogP contribution in [0.4, 0.5) is 11.6 Å². The molecule has 230 valence electrons. The van der Waals surface area contributed by atoms with Gasteiger partial charge < -0.3 is 16.0 Å². The molecule has 2 atom stereocenters. The van der Waals surface area contributed by atoms with Crippen LogP contribution in [0, 0.1) is 5.92 Å². The van der Waals surface area contributed by atoms with Crippen LogP contribution < -0.4 is 20.7 Å². The summed E-state index contributed by atoms with van der Waals surface area (Å²) in [6.07, 6.45) is 6.12. The van der Waals surface area contributed by atoms with E-state index in [1.807, 2.05) is 18.3 Å². The van der Waals surface area contributed by atoms with Crippen molar-refractivity contribution in [1.82, 2.24) is 19.7 Å². The highest BCUT2D eigenvalue weighted by Crippen LogP contribution is 2.41. The third kappa shape index (κ3) is 6.83. The first kappa shape index (κ1) is 30.9. The maximum absolute atomic E-state index is 13.6. The van der Waals surface area contributed by atoms with Gasteiger partial charge >= 0.3 is 0 Å². The van der Waals surface area contributed by atoms with E-state index in [4.69, 9.17) is 15.7 Å². The molecule has 1 fully saturated rings. The van der Waals surface area contributed by atoms with Crippen molar-refractivity contribution in [3.8, 4) is 0 Å². The number of hydrogen-bond acceptors (Lipinski definition) is 9. The molecule has 10 nitrogen and oxygen atoms in total. The molecule has 2 aliphatic rings. The second kappa shape index (κ2) is 11.8. The van der Waals surface area contributed by atoms with E-state index in [0.29, 0.717) is 30.6 Å². The standard InChI is InChI=1S/C32H43N7O3S/c1-31(2,3)26-14-12-23-29(36-26)39-20-22(19-32(39,4)5)11-13-24(25-18-21(8-7-16-33)15-17-34-25)35-27-9-6-10-28(37-27)43(41,42)38-30(23)40/h6,9-10,12,14-15,17-18,22,24H,7-8,11,13,16,19-20,33H2,1-5H3,(H,35,37)(H,38,40)/t22-,24?/m0/s1. The minimum Gasteiger partial charge on any atom is -0.362 e. The molecule has 1 amide bonds. The predicted octanol–water partition coefficient (Wildman–Crippen LogP) is 4.73. The van der Waals surface area contributed by atoms with Crippen molar-refractivity contribution >= 4 is 27.6 Å². The summed E-state index contributed by atoms with van der Waals surface area (Å²) >= 11 is 0. The summed E-state index contributed by atoms with van der Waals surface area (Å²) in [6.45, 7) is 11.8. The average molecular weight is 606 g/mol. The molecule has 5 rings (SSSR count). The summed E-state index contributed by atoms with van der Waals surface area (Å²) in [7, 11) is -4.28.